The lowest BCUT2D eigenvalue weighted by Gasteiger charge is -2.34. The summed E-state index contributed by atoms with van der Waals surface area (Å²) in [5.41, 5.74) is 5.92. The fraction of sp³-hybridized carbons (Fsp3) is 0.917. The maximum absolute atomic E-state index is 11.7. The first-order valence-corrected chi connectivity index (χ1v) is 6.42. The van der Waals surface area contributed by atoms with Crippen LogP contribution in [0.1, 0.15) is 32.6 Å². The van der Waals surface area contributed by atoms with Crippen LogP contribution in [-0.2, 0) is 4.79 Å². The maximum Gasteiger partial charge on any atom is 0.234 e. The van der Waals surface area contributed by atoms with E-state index in [4.69, 9.17) is 5.73 Å². The van der Waals surface area contributed by atoms with Gasteiger partial charge in [0.25, 0.3) is 0 Å². The molecule has 2 aliphatic rings. The highest BCUT2D eigenvalue weighted by atomic mass is 35.5. The largest absolute Gasteiger partial charge is 0.352 e. The minimum absolute atomic E-state index is 0. The zero-order valence-electron chi connectivity index (χ0n) is 10.5. The molecule has 100 valence electrons. The third-order valence-corrected chi connectivity index (χ3v) is 3.60. The predicted octanol–water partition coefficient (Wildman–Crippen LogP) is 0.746. The van der Waals surface area contributed by atoms with Crippen LogP contribution in [0.2, 0.25) is 0 Å². The highest BCUT2D eigenvalue weighted by molar-refractivity contribution is 5.85. The van der Waals surface area contributed by atoms with Gasteiger partial charge in [0.15, 0.2) is 0 Å². The summed E-state index contributed by atoms with van der Waals surface area (Å²) in [5.74, 6) is 0.746. The lowest BCUT2D eigenvalue weighted by Crippen LogP contribution is -2.46. The van der Waals surface area contributed by atoms with E-state index in [-0.39, 0.29) is 24.4 Å². The van der Waals surface area contributed by atoms with Gasteiger partial charge in [-0.05, 0) is 45.1 Å². The molecular formula is C12H24ClN3O. The Labute approximate surface area is 110 Å². The molecule has 0 aromatic heterocycles. The number of nitrogens with two attached hydrogens (primary N) is 1. The average Bonchev–Trinajstić information content (AvgIpc) is 3.01. The van der Waals surface area contributed by atoms with Crippen molar-refractivity contribution in [3.63, 3.8) is 0 Å². The molecule has 1 saturated carbocycles. The zero-order valence-corrected chi connectivity index (χ0v) is 11.3. The van der Waals surface area contributed by atoms with E-state index in [2.05, 4.69) is 17.1 Å². The van der Waals surface area contributed by atoms with Crippen molar-refractivity contribution in [2.45, 2.75) is 44.7 Å². The van der Waals surface area contributed by atoms with Crippen LogP contribution in [0.25, 0.3) is 0 Å². The zero-order chi connectivity index (χ0) is 11.5. The molecule has 1 amide bonds. The third kappa shape index (κ3) is 4.82. The third-order valence-electron chi connectivity index (χ3n) is 3.60. The molecule has 4 nitrogen and oxygen atoms in total. The number of halogens is 1. The van der Waals surface area contributed by atoms with Crippen molar-refractivity contribution in [3.8, 4) is 0 Å². The number of rotatable bonds is 4. The van der Waals surface area contributed by atoms with Gasteiger partial charge in [0.1, 0.15) is 0 Å². The maximum atomic E-state index is 11.7. The molecule has 1 saturated heterocycles. The van der Waals surface area contributed by atoms with Gasteiger partial charge in [-0.25, -0.2) is 0 Å². The molecule has 0 aromatic rings. The van der Waals surface area contributed by atoms with Gasteiger partial charge >= 0.3 is 0 Å². The van der Waals surface area contributed by atoms with E-state index < -0.39 is 0 Å². The van der Waals surface area contributed by atoms with Crippen LogP contribution >= 0.6 is 12.4 Å². The van der Waals surface area contributed by atoms with Gasteiger partial charge in [-0.1, -0.05) is 0 Å². The number of nitrogens with one attached hydrogen (secondary N) is 1. The van der Waals surface area contributed by atoms with Crippen molar-refractivity contribution < 1.29 is 4.79 Å². The second-order valence-corrected chi connectivity index (χ2v) is 5.34. The summed E-state index contributed by atoms with van der Waals surface area (Å²) >= 11 is 0. The van der Waals surface area contributed by atoms with E-state index in [1.165, 1.54) is 12.8 Å². The number of carbonyl (C=O) groups is 1. The van der Waals surface area contributed by atoms with Crippen molar-refractivity contribution in [1.29, 1.82) is 0 Å². The summed E-state index contributed by atoms with van der Waals surface area (Å²) in [6.07, 6.45) is 4.70. The molecule has 2 atom stereocenters. The minimum atomic E-state index is 0. The Hall–Kier alpha value is -0.320. The van der Waals surface area contributed by atoms with Gasteiger partial charge in [-0.2, -0.15) is 0 Å². The lowest BCUT2D eigenvalue weighted by atomic mass is 9.92. The van der Waals surface area contributed by atoms with Gasteiger partial charge in [0, 0.05) is 18.6 Å². The molecule has 0 bridgehead atoms. The molecular weight excluding hydrogens is 238 g/mol. The average molecular weight is 262 g/mol. The van der Waals surface area contributed by atoms with Crippen molar-refractivity contribution in [2.75, 3.05) is 19.6 Å². The van der Waals surface area contributed by atoms with Crippen LogP contribution in [0.15, 0.2) is 0 Å². The van der Waals surface area contributed by atoms with Crippen LogP contribution in [-0.4, -0.2) is 42.5 Å². The van der Waals surface area contributed by atoms with Crippen LogP contribution in [0.5, 0.6) is 0 Å². The summed E-state index contributed by atoms with van der Waals surface area (Å²) in [7, 11) is 0. The Bertz CT molecular complexity index is 256. The highest BCUT2D eigenvalue weighted by Gasteiger charge is 2.27. The standard InChI is InChI=1S/C12H23N3O.ClH/c1-9(13)10-3-2-6-15(7-10)8-12(16)14-11-4-5-11;/h9-11H,2-8,13H2,1H3,(H,14,16);1H. The second-order valence-electron chi connectivity index (χ2n) is 5.34. The first kappa shape index (κ1) is 14.7. The number of hydrogen-bond donors (Lipinski definition) is 2. The SMILES string of the molecule is CC(N)C1CCCN(CC(=O)NC2CC2)C1.Cl. The van der Waals surface area contributed by atoms with Crippen LogP contribution in [0, 0.1) is 5.92 Å². The van der Waals surface area contributed by atoms with E-state index in [1.807, 2.05) is 0 Å². The van der Waals surface area contributed by atoms with Crippen LogP contribution < -0.4 is 11.1 Å². The minimum Gasteiger partial charge on any atom is -0.352 e. The summed E-state index contributed by atoms with van der Waals surface area (Å²) < 4.78 is 0. The molecule has 5 heteroatoms. The summed E-state index contributed by atoms with van der Waals surface area (Å²) in [4.78, 5) is 13.9. The molecule has 1 aliphatic heterocycles. The Morgan fingerprint density at radius 2 is 2.18 bits per heavy atom. The second kappa shape index (κ2) is 6.57. The Morgan fingerprint density at radius 1 is 1.47 bits per heavy atom. The van der Waals surface area contributed by atoms with E-state index in [1.54, 1.807) is 0 Å². The van der Waals surface area contributed by atoms with E-state index in [0.717, 1.165) is 25.9 Å². The lowest BCUT2D eigenvalue weighted by molar-refractivity contribution is -0.122. The number of piperidine rings is 1. The molecule has 0 spiro atoms. The normalized spacial score (nSPS) is 27.1. The molecule has 2 rings (SSSR count). The van der Waals surface area contributed by atoms with Crippen molar-refractivity contribution in [3.05, 3.63) is 0 Å². The molecule has 0 radical (unpaired) electrons. The number of likely N-dealkylation sites (tertiary alicyclic amines) is 1. The number of hydrogen-bond acceptors (Lipinski definition) is 3. The highest BCUT2D eigenvalue weighted by Crippen LogP contribution is 2.20. The smallest absolute Gasteiger partial charge is 0.234 e. The van der Waals surface area contributed by atoms with Gasteiger partial charge in [-0.15, -0.1) is 12.4 Å². The first-order chi connectivity index (χ1) is 7.65. The van der Waals surface area contributed by atoms with E-state index >= 15 is 0 Å². The van der Waals surface area contributed by atoms with Gasteiger partial charge < -0.3 is 11.1 Å². The quantitative estimate of drug-likeness (QED) is 0.785. The Balaban J connectivity index is 0.00000144. The number of amides is 1. The molecule has 2 fully saturated rings. The molecule has 1 aliphatic carbocycles. The number of carbonyl (C=O) groups excluding carboxylic acids is 1. The van der Waals surface area contributed by atoms with Gasteiger partial charge in [-0.3, -0.25) is 9.69 Å². The number of nitrogens with zero attached hydrogens (tertiary/aromatic N) is 1. The van der Waals surface area contributed by atoms with Crippen molar-refractivity contribution >= 4 is 18.3 Å². The first-order valence-electron chi connectivity index (χ1n) is 6.42. The van der Waals surface area contributed by atoms with Crippen molar-refractivity contribution in [1.82, 2.24) is 10.2 Å². The van der Waals surface area contributed by atoms with Crippen molar-refractivity contribution in [2.24, 2.45) is 11.7 Å². The summed E-state index contributed by atoms with van der Waals surface area (Å²) in [6, 6.07) is 0.718. The molecule has 3 N–H and O–H groups in total. The predicted molar refractivity (Wildman–Crippen MR) is 71.2 cm³/mol. The Kier molecular flexibility index (Phi) is 5.70. The summed E-state index contributed by atoms with van der Waals surface area (Å²) in [6.45, 7) is 4.65. The van der Waals surface area contributed by atoms with Crippen LogP contribution in [0.4, 0.5) is 0 Å². The van der Waals surface area contributed by atoms with E-state index in [9.17, 15) is 4.79 Å². The Morgan fingerprint density at radius 3 is 2.76 bits per heavy atom. The molecule has 1 heterocycles. The molecule has 17 heavy (non-hydrogen) atoms. The fourth-order valence-corrected chi connectivity index (χ4v) is 2.37. The summed E-state index contributed by atoms with van der Waals surface area (Å²) in [5, 5.41) is 3.03. The van der Waals surface area contributed by atoms with Gasteiger partial charge in [0.05, 0.1) is 6.54 Å². The van der Waals surface area contributed by atoms with E-state index in [0.29, 0.717) is 18.5 Å². The van der Waals surface area contributed by atoms with Crippen LogP contribution in [0.3, 0.4) is 0 Å². The van der Waals surface area contributed by atoms with Gasteiger partial charge in [0.2, 0.25) is 5.91 Å². The molecule has 0 aromatic carbocycles. The monoisotopic (exact) mass is 261 g/mol. The topological polar surface area (TPSA) is 58.4 Å². The molecule has 2 unspecified atom stereocenters. The fourth-order valence-electron chi connectivity index (χ4n) is 2.37.